The zero-order chi connectivity index (χ0) is 9.64. The minimum absolute atomic E-state index is 0.358. The van der Waals surface area contributed by atoms with Crippen molar-refractivity contribution in [1.29, 1.82) is 0 Å². The van der Waals surface area contributed by atoms with Crippen LogP contribution in [0, 0.1) is 5.41 Å². The van der Waals surface area contributed by atoms with Gasteiger partial charge in [-0.05, 0) is 27.8 Å². The van der Waals surface area contributed by atoms with Crippen LogP contribution >= 0.6 is 27.5 Å². The average Bonchev–Trinajstić information content (AvgIpc) is 2.66. The van der Waals surface area contributed by atoms with E-state index < -0.39 is 0 Å². The van der Waals surface area contributed by atoms with Crippen LogP contribution < -0.4 is 0 Å². The van der Waals surface area contributed by atoms with Gasteiger partial charge in [-0.3, -0.25) is 0 Å². The van der Waals surface area contributed by atoms with Gasteiger partial charge >= 0.3 is 0 Å². The lowest BCUT2D eigenvalue weighted by Crippen LogP contribution is -1.97. The van der Waals surface area contributed by atoms with E-state index in [1.54, 1.807) is 6.20 Å². The molecule has 4 heteroatoms. The Morgan fingerprint density at radius 3 is 2.69 bits per heavy atom. The van der Waals surface area contributed by atoms with Crippen LogP contribution in [0.3, 0.4) is 0 Å². The second kappa shape index (κ2) is 2.92. The molecule has 2 nitrogen and oxygen atoms in total. The molecule has 0 aromatic carbocycles. The summed E-state index contributed by atoms with van der Waals surface area (Å²) < 4.78 is 0.761. The first-order chi connectivity index (χ1) is 6.00. The predicted molar refractivity (Wildman–Crippen MR) is 55.9 cm³/mol. The van der Waals surface area contributed by atoms with Gasteiger partial charge in [-0.15, -0.1) is 0 Å². The summed E-state index contributed by atoms with van der Waals surface area (Å²) >= 11 is 9.15. The van der Waals surface area contributed by atoms with Crippen molar-refractivity contribution in [2.75, 3.05) is 0 Å². The molecule has 0 saturated heterocycles. The lowest BCUT2D eigenvalue weighted by Gasteiger charge is -2.02. The predicted octanol–water partition coefficient (Wildman–Crippen LogP) is 3.41. The highest BCUT2D eigenvalue weighted by Gasteiger charge is 2.48. The summed E-state index contributed by atoms with van der Waals surface area (Å²) in [7, 11) is 0. The second-order valence-corrected chi connectivity index (χ2v) is 5.32. The number of rotatable bonds is 1. The SMILES string of the molecule is CC1(C)CC1c1ncc(Br)c(Cl)n1. The molecule has 1 aromatic rings. The van der Waals surface area contributed by atoms with Gasteiger partial charge in [-0.2, -0.15) is 0 Å². The van der Waals surface area contributed by atoms with Crippen molar-refractivity contribution in [2.45, 2.75) is 26.2 Å². The van der Waals surface area contributed by atoms with Crippen LogP contribution in [0.1, 0.15) is 32.0 Å². The molecule has 1 atom stereocenters. The first kappa shape index (κ1) is 9.41. The Morgan fingerprint density at radius 2 is 2.23 bits per heavy atom. The molecule has 1 saturated carbocycles. The smallest absolute Gasteiger partial charge is 0.146 e. The van der Waals surface area contributed by atoms with Crippen LogP contribution in [0.15, 0.2) is 10.7 Å². The van der Waals surface area contributed by atoms with Crippen LogP contribution in [0.25, 0.3) is 0 Å². The minimum Gasteiger partial charge on any atom is -0.240 e. The summed E-state index contributed by atoms with van der Waals surface area (Å²) in [5, 5.41) is 0.507. The number of hydrogen-bond donors (Lipinski definition) is 0. The van der Waals surface area contributed by atoms with Crippen molar-refractivity contribution >= 4 is 27.5 Å². The van der Waals surface area contributed by atoms with Crippen LogP contribution in [-0.2, 0) is 0 Å². The molecule has 1 aliphatic rings. The zero-order valence-electron chi connectivity index (χ0n) is 7.51. The third-order valence-electron chi connectivity index (χ3n) is 2.55. The molecular formula is C9H10BrClN2. The molecule has 1 heterocycles. The average molecular weight is 262 g/mol. The molecule has 1 aliphatic carbocycles. The molecule has 0 amide bonds. The van der Waals surface area contributed by atoms with Gasteiger partial charge in [0.15, 0.2) is 0 Å². The molecule has 0 N–H and O–H groups in total. The molecular weight excluding hydrogens is 251 g/mol. The Kier molecular flexibility index (Phi) is 2.11. The van der Waals surface area contributed by atoms with Gasteiger partial charge in [0.25, 0.3) is 0 Å². The van der Waals surface area contributed by atoms with Crippen molar-refractivity contribution < 1.29 is 0 Å². The van der Waals surface area contributed by atoms with Gasteiger partial charge in [0.05, 0.1) is 4.47 Å². The van der Waals surface area contributed by atoms with Gasteiger partial charge in [0, 0.05) is 12.1 Å². The highest BCUT2D eigenvalue weighted by atomic mass is 79.9. The Hall–Kier alpha value is -0.150. The summed E-state index contributed by atoms with van der Waals surface area (Å²) in [5.74, 6) is 1.36. The summed E-state index contributed by atoms with van der Waals surface area (Å²) in [6.45, 7) is 4.44. The van der Waals surface area contributed by atoms with E-state index in [0.29, 0.717) is 16.5 Å². The fraction of sp³-hybridized carbons (Fsp3) is 0.556. The van der Waals surface area contributed by atoms with Crippen molar-refractivity contribution in [3.8, 4) is 0 Å². The topological polar surface area (TPSA) is 25.8 Å². The van der Waals surface area contributed by atoms with Crippen molar-refractivity contribution in [3.63, 3.8) is 0 Å². The maximum Gasteiger partial charge on any atom is 0.146 e. The van der Waals surface area contributed by atoms with Crippen LogP contribution in [0.4, 0.5) is 0 Å². The molecule has 0 spiro atoms. The molecule has 70 valence electrons. The Bertz CT molecular complexity index is 351. The summed E-state index contributed by atoms with van der Waals surface area (Å²) in [5.41, 5.74) is 0.358. The van der Waals surface area contributed by atoms with E-state index in [9.17, 15) is 0 Å². The minimum atomic E-state index is 0.358. The Labute approximate surface area is 90.9 Å². The lowest BCUT2D eigenvalue weighted by atomic mass is 10.1. The summed E-state index contributed by atoms with van der Waals surface area (Å²) in [4.78, 5) is 8.49. The Morgan fingerprint density at radius 1 is 1.62 bits per heavy atom. The highest BCUT2D eigenvalue weighted by molar-refractivity contribution is 9.10. The van der Waals surface area contributed by atoms with Crippen LogP contribution in [0.5, 0.6) is 0 Å². The van der Waals surface area contributed by atoms with E-state index >= 15 is 0 Å². The number of aromatic nitrogens is 2. The largest absolute Gasteiger partial charge is 0.240 e. The fourth-order valence-electron chi connectivity index (χ4n) is 1.43. The summed E-state index contributed by atoms with van der Waals surface area (Å²) in [6.07, 6.45) is 2.88. The lowest BCUT2D eigenvalue weighted by molar-refractivity contribution is 0.608. The molecule has 0 aliphatic heterocycles. The second-order valence-electron chi connectivity index (χ2n) is 4.11. The monoisotopic (exact) mass is 260 g/mol. The highest BCUT2D eigenvalue weighted by Crippen LogP contribution is 2.57. The molecule has 0 bridgehead atoms. The number of nitrogens with zero attached hydrogens (tertiary/aromatic N) is 2. The van der Waals surface area contributed by atoms with Gasteiger partial charge < -0.3 is 0 Å². The third-order valence-corrected chi connectivity index (χ3v) is 3.64. The molecule has 0 radical (unpaired) electrons. The third kappa shape index (κ3) is 1.72. The van der Waals surface area contributed by atoms with Crippen molar-refractivity contribution in [1.82, 2.24) is 9.97 Å². The molecule has 2 rings (SSSR count). The maximum absolute atomic E-state index is 5.88. The van der Waals surface area contributed by atoms with Gasteiger partial charge in [-0.25, -0.2) is 9.97 Å². The van der Waals surface area contributed by atoms with Crippen LogP contribution in [-0.4, -0.2) is 9.97 Å². The molecule has 1 fully saturated rings. The van der Waals surface area contributed by atoms with E-state index in [-0.39, 0.29) is 0 Å². The first-order valence-electron chi connectivity index (χ1n) is 4.18. The zero-order valence-corrected chi connectivity index (χ0v) is 9.85. The van der Waals surface area contributed by atoms with Crippen molar-refractivity contribution in [3.05, 3.63) is 21.6 Å². The van der Waals surface area contributed by atoms with E-state index in [0.717, 1.165) is 16.7 Å². The molecule has 1 unspecified atom stereocenters. The first-order valence-corrected chi connectivity index (χ1v) is 5.36. The normalized spacial score (nSPS) is 24.5. The number of hydrogen-bond acceptors (Lipinski definition) is 2. The van der Waals surface area contributed by atoms with Gasteiger partial charge in [-0.1, -0.05) is 25.4 Å². The van der Waals surface area contributed by atoms with E-state index in [1.165, 1.54) is 0 Å². The van der Waals surface area contributed by atoms with E-state index in [4.69, 9.17) is 11.6 Å². The van der Waals surface area contributed by atoms with Crippen LogP contribution in [0.2, 0.25) is 5.15 Å². The Balaban J connectivity index is 2.29. The van der Waals surface area contributed by atoms with Gasteiger partial charge in [0.1, 0.15) is 11.0 Å². The van der Waals surface area contributed by atoms with Crippen molar-refractivity contribution in [2.24, 2.45) is 5.41 Å². The molecule has 13 heavy (non-hydrogen) atoms. The number of halogens is 2. The fourth-order valence-corrected chi connectivity index (χ4v) is 1.76. The molecule has 1 aromatic heterocycles. The maximum atomic E-state index is 5.88. The van der Waals surface area contributed by atoms with Gasteiger partial charge in [0.2, 0.25) is 0 Å². The standard InChI is InChI=1S/C9H10BrClN2/c1-9(2)3-5(9)8-12-4-6(10)7(11)13-8/h4-5H,3H2,1-2H3. The quantitative estimate of drug-likeness (QED) is 0.724. The van der Waals surface area contributed by atoms with E-state index in [2.05, 4.69) is 39.7 Å². The summed E-state index contributed by atoms with van der Waals surface area (Å²) in [6, 6.07) is 0. The van der Waals surface area contributed by atoms with E-state index in [1.807, 2.05) is 0 Å².